The van der Waals surface area contributed by atoms with Gasteiger partial charge in [0.25, 0.3) is 0 Å². The van der Waals surface area contributed by atoms with Crippen LogP contribution in [0.5, 0.6) is 0 Å². The quantitative estimate of drug-likeness (QED) is 0.898. The van der Waals surface area contributed by atoms with Crippen LogP contribution in [0.2, 0.25) is 0 Å². The zero-order chi connectivity index (χ0) is 13.4. The van der Waals surface area contributed by atoms with Crippen LogP contribution < -0.4 is 5.73 Å². The van der Waals surface area contributed by atoms with Crippen LogP contribution in [-0.2, 0) is 6.54 Å². The molecule has 3 nitrogen and oxygen atoms in total. The van der Waals surface area contributed by atoms with Gasteiger partial charge in [-0.2, -0.15) is 0 Å². The molecule has 1 saturated heterocycles. The van der Waals surface area contributed by atoms with Gasteiger partial charge in [-0.3, -0.25) is 9.88 Å². The summed E-state index contributed by atoms with van der Waals surface area (Å²) in [6, 6.07) is 7.06. The highest BCUT2D eigenvalue weighted by molar-refractivity contribution is 5.81. The van der Waals surface area contributed by atoms with Crippen molar-refractivity contribution in [2.45, 2.75) is 19.5 Å². The second kappa shape index (κ2) is 4.87. The first kappa shape index (κ1) is 12.5. The van der Waals surface area contributed by atoms with Gasteiger partial charge in [0, 0.05) is 37.3 Å². The maximum atomic E-state index is 13.7. The molecule has 0 spiro atoms. The Hall–Kier alpha value is -1.52. The lowest BCUT2D eigenvalue weighted by atomic mass is 10.1. The fourth-order valence-electron chi connectivity index (χ4n) is 2.81. The predicted molar refractivity (Wildman–Crippen MR) is 74.1 cm³/mol. The molecule has 100 valence electrons. The molecular formula is C15H18FN3. The second-order valence-corrected chi connectivity index (χ2v) is 5.48. The molecule has 2 heterocycles. The molecule has 0 saturated carbocycles. The highest BCUT2D eigenvalue weighted by Gasteiger charge is 2.26. The third-order valence-electron chi connectivity index (χ3n) is 3.89. The summed E-state index contributed by atoms with van der Waals surface area (Å²) in [5, 5.41) is 0.856. The van der Waals surface area contributed by atoms with Crippen LogP contribution >= 0.6 is 0 Å². The molecule has 2 unspecified atom stereocenters. The Balaban J connectivity index is 1.92. The van der Waals surface area contributed by atoms with Crippen molar-refractivity contribution >= 4 is 10.9 Å². The van der Waals surface area contributed by atoms with Gasteiger partial charge in [0.05, 0.1) is 5.52 Å². The summed E-state index contributed by atoms with van der Waals surface area (Å²) in [5.41, 5.74) is 7.86. The first-order valence-electron chi connectivity index (χ1n) is 6.64. The van der Waals surface area contributed by atoms with Crippen molar-refractivity contribution in [2.24, 2.45) is 11.7 Å². The Kier molecular flexibility index (Phi) is 3.21. The Morgan fingerprint density at radius 2 is 2.26 bits per heavy atom. The van der Waals surface area contributed by atoms with Crippen LogP contribution in [0, 0.1) is 11.7 Å². The van der Waals surface area contributed by atoms with Crippen LogP contribution in [0.15, 0.2) is 30.5 Å². The second-order valence-electron chi connectivity index (χ2n) is 5.48. The van der Waals surface area contributed by atoms with Gasteiger partial charge in [-0.1, -0.05) is 13.0 Å². The van der Waals surface area contributed by atoms with Gasteiger partial charge in [0.15, 0.2) is 0 Å². The van der Waals surface area contributed by atoms with Crippen LogP contribution in [0.1, 0.15) is 12.5 Å². The zero-order valence-corrected chi connectivity index (χ0v) is 11.0. The molecule has 2 N–H and O–H groups in total. The largest absolute Gasteiger partial charge is 0.326 e. The van der Waals surface area contributed by atoms with E-state index in [0.29, 0.717) is 12.5 Å². The van der Waals surface area contributed by atoms with E-state index in [9.17, 15) is 4.39 Å². The van der Waals surface area contributed by atoms with Crippen molar-refractivity contribution in [1.29, 1.82) is 0 Å². The van der Waals surface area contributed by atoms with E-state index in [1.165, 1.54) is 6.07 Å². The molecule has 1 aromatic heterocycles. The molecule has 0 bridgehead atoms. The van der Waals surface area contributed by atoms with E-state index in [1.54, 1.807) is 12.3 Å². The molecule has 1 aromatic carbocycles. The van der Waals surface area contributed by atoms with Crippen molar-refractivity contribution in [1.82, 2.24) is 9.88 Å². The Morgan fingerprint density at radius 1 is 1.42 bits per heavy atom. The van der Waals surface area contributed by atoms with E-state index in [0.717, 1.165) is 29.6 Å². The molecule has 0 aliphatic carbocycles. The lowest BCUT2D eigenvalue weighted by Gasteiger charge is -2.16. The molecule has 0 radical (unpaired) electrons. The van der Waals surface area contributed by atoms with Crippen molar-refractivity contribution in [3.05, 3.63) is 41.8 Å². The third-order valence-corrected chi connectivity index (χ3v) is 3.89. The highest BCUT2D eigenvalue weighted by atomic mass is 19.1. The highest BCUT2D eigenvalue weighted by Crippen LogP contribution is 2.23. The molecule has 19 heavy (non-hydrogen) atoms. The first-order valence-corrected chi connectivity index (χ1v) is 6.64. The van der Waals surface area contributed by atoms with Gasteiger partial charge in [-0.05, 0) is 29.7 Å². The summed E-state index contributed by atoms with van der Waals surface area (Å²) in [7, 11) is 0. The van der Waals surface area contributed by atoms with Gasteiger partial charge in [0.2, 0.25) is 0 Å². The minimum atomic E-state index is -0.202. The first-order chi connectivity index (χ1) is 9.13. The molecule has 2 aromatic rings. The van der Waals surface area contributed by atoms with Crippen molar-refractivity contribution in [3.8, 4) is 0 Å². The minimum Gasteiger partial charge on any atom is -0.326 e. The number of likely N-dealkylation sites (tertiary alicyclic amines) is 1. The molecule has 0 amide bonds. The number of hydrogen-bond donors (Lipinski definition) is 1. The Morgan fingerprint density at radius 3 is 3.00 bits per heavy atom. The van der Waals surface area contributed by atoms with Crippen molar-refractivity contribution < 1.29 is 4.39 Å². The normalized spacial score (nSPS) is 24.2. The number of fused-ring (bicyclic) bond motifs is 1. The standard InChI is InChI=1S/C15H18FN3/c1-10-7-19(9-14(10)17)8-12-6-13(16)5-11-3-2-4-18-15(11)12/h2-6,10,14H,7-9,17H2,1H3. The molecule has 4 heteroatoms. The maximum absolute atomic E-state index is 13.7. The average molecular weight is 259 g/mol. The molecule has 2 atom stereocenters. The topological polar surface area (TPSA) is 42.2 Å². The van der Waals surface area contributed by atoms with Gasteiger partial charge in [-0.25, -0.2) is 4.39 Å². The fraction of sp³-hybridized carbons (Fsp3) is 0.400. The van der Waals surface area contributed by atoms with E-state index in [2.05, 4.69) is 16.8 Å². The molecule has 3 rings (SSSR count). The summed E-state index contributed by atoms with van der Waals surface area (Å²) in [6.45, 7) is 4.70. The summed E-state index contributed by atoms with van der Waals surface area (Å²) in [4.78, 5) is 6.65. The fourth-order valence-corrected chi connectivity index (χ4v) is 2.81. The van der Waals surface area contributed by atoms with Crippen LogP contribution in [0.3, 0.4) is 0 Å². The Bertz CT molecular complexity index is 589. The van der Waals surface area contributed by atoms with Crippen LogP contribution in [0.25, 0.3) is 10.9 Å². The number of pyridine rings is 1. The van der Waals surface area contributed by atoms with E-state index in [4.69, 9.17) is 5.73 Å². The Labute approximate surface area is 112 Å². The van der Waals surface area contributed by atoms with Crippen molar-refractivity contribution in [3.63, 3.8) is 0 Å². The number of aromatic nitrogens is 1. The molecule has 1 aliphatic heterocycles. The summed E-state index contributed by atoms with van der Waals surface area (Å²) >= 11 is 0. The number of halogens is 1. The predicted octanol–water partition coefficient (Wildman–Crippen LogP) is 2.15. The summed E-state index contributed by atoms with van der Waals surface area (Å²) < 4.78 is 13.7. The average Bonchev–Trinajstić information content (AvgIpc) is 2.68. The molecular weight excluding hydrogens is 241 g/mol. The number of nitrogens with two attached hydrogens (primary N) is 1. The smallest absolute Gasteiger partial charge is 0.124 e. The number of benzene rings is 1. The molecule has 1 aliphatic rings. The summed E-state index contributed by atoms with van der Waals surface area (Å²) in [5.74, 6) is 0.292. The van der Waals surface area contributed by atoms with Crippen LogP contribution in [-0.4, -0.2) is 29.0 Å². The number of nitrogens with zero attached hydrogens (tertiary/aromatic N) is 2. The lowest BCUT2D eigenvalue weighted by Crippen LogP contribution is -2.28. The third kappa shape index (κ3) is 2.46. The minimum absolute atomic E-state index is 0.202. The van der Waals surface area contributed by atoms with Crippen LogP contribution in [0.4, 0.5) is 4.39 Å². The lowest BCUT2D eigenvalue weighted by molar-refractivity contribution is 0.319. The van der Waals surface area contributed by atoms with Crippen molar-refractivity contribution in [2.75, 3.05) is 13.1 Å². The van der Waals surface area contributed by atoms with E-state index < -0.39 is 0 Å². The van der Waals surface area contributed by atoms with E-state index >= 15 is 0 Å². The SMILES string of the molecule is CC1CN(Cc2cc(F)cc3cccnc23)CC1N. The maximum Gasteiger partial charge on any atom is 0.124 e. The van der Waals surface area contributed by atoms with Gasteiger partial charge in [-0.15, -0.1) is 0 Å². The van der Waals surface area contributed by atoms with Gasteiger partial charge < -0.3 is 5.73 Å². The van der Waals surface area contributed by atoms with E-state index in [1.807, 2.05) is 12.1 Å². The van der Waals surface area contributed by atoms with Gasteiger partial charge >= 0.3 is 0 Å². The zero-order valence-electron chi connectivity index (χ0n) is 11.0. The number of hydrogen-bond acceptors (Lipinski definition) is 3. The number of rotatable bonds is 2. The molecule has 1 fully saturated rings. The van der Waals surface area contributed by atoms with E-state index in [-0.39, 0.29) is 11.9 Å². The monoisotopic (exact) mass is 259 g/mol. The summed E-state index contributed by atoms with van der Waals surface area (Å²) in [6.07, 6.45) is 1.75. The van der Waals surface area contributed by atoms with Gasteiger partial charge in [0.1, 0.15) is 5.82 Å².